The van der Waals surface area contributed by atoms with Crippen molar-refractivity contribution in [2.75, 3.05) is 0 Å². The van der Waals surface area contributed by atoms with Crippen molar-refractivity contribution in [1.82, 2.24) is 10.2 Å². The van der Waals surface area contributed by atoms with E-state index in [2.05, 4.69) is 10.2 Å². The minimum atomic E-state index is -2.54. The van der Waals surface area contributed by atoms with Gasteiger partial charge in [-0.25, -0.2) is 8.78 Å². The number of alkyl halides is 2. The van der Waals surface area contributed by atoms with E-state index in [1.165, 1.54) is 11.3 Å². The molecule has 6 heteroatoms. The number of hydrogen-bond acceptors (Lipinski definition) is 3. The van der Waals surface area contributed by atoms with Crippen LogP contribution in [-0.2, 0) is 0 Å². The van der Waals surface area contributed by atoms with Crippen LogP contribution in [0.5, 0.6) is 0 Å². The van der Waals surface area contributed by atoms with Crippen LogP contribution in [0.3, 0.4) is 0 Å². The summed E-state index contributed by atoms with van der Waals surface area (Å²) in [5, 5.41) is 8.08. The molecule has 0 aliphatic heterocycles. The Balaban J connectivity index is 2.12. The van der Waals surface area contributed by atoms with Crippen LogP contribution in [0.4, 0.5) is 8.78 Å². The lowest BCUT2D eigenvalue weighted by Crippen LogP contribution is -2.24. The largest absolute Gasteiger partial charge is 0.248 e. The Hall–Kier alpha value is -0.290. The van der Waals surface area contributed by atoms with E-state index in [-0.39, 0.29) is 18.8 Å². The fourth-order valence-corrected chi connectivity index (χ4v) is 2.74. The molecule has 1 aromatic heterocycles. The Labute approximate surface area is 89.3 Å². The highest BCUT2D eigenvalue weighted by atomic mass is 35.5. The Morgan fingerprint density at radius 2 is 2.21 bits per heavy atom. The maximum absolute atomic E-state index is 13.1. The predicted octanol–water partition coefficient (Wildman–Crippen LogP) is 3.48. The number of rotatable bonds is 1. The average Bonchev–Trinajstić information content (AvgIpc) is 2.50. The number of nitrogens with zero attached hydrogens (tertiary/aromatic N) is 2. The van der Waals surface area contributed by atoms with Crippen LogP contribution >= 0.6 is 22.9 Å². The van der Waals surface area contributed by atoms with Gasteiger partial charge in [-0.3, -0.25) is 0 Å². The van der Waals surface area contributed by atoms with E-state index >= 15 is 0 Å². The van der Waals surface area contributed by atoms with Crippen molar-refractivity contribution >= 4 is 22.9 Å². The molecule has 0 N–H and O–H groups in total. The van der Waals surface area contributed by atoms with E-state index in [9.17, 15) is 8.78 Å². The number of aromatic nitrogens is 2. The van der Waals surface area contributed by atoms with Crippen LogP contribution in [0.25, 0.3) is 0 Å². The Morgan fingerprint density at radius 3 is 2.79 bits per heavy atom. The molecule has 1 aliphatic rings. The molecule has 0 amide bonds. The summed E-state index contributed by atoms with van der Waals surface area (Å²) in [6, 6.07) is 0. The standard InChI is InChI=1S/C8H9ClF2N2S/c9-7-13-12-6(14-7)5-2-1-3-8(10,11)4-5/h5H,1-4H2. The van der Waals surface area contributed by atoms with Gasteiger partial charge in [-0.1, -0.05) is 11.3 Å². The maximum Gasteiger partial charge on any atom is 0.248 e. The third kappa shape index (κ3) is 2.20. The van der Waals surface area contributed by atoms with Crippen LogP contribution in [-0.4, -0.2) is 16.1 Å². The number of hydrogen-bond donors (Lipinski definition) is 0. The lowest BCUT2D eigenvalue weighted by Gasteiger charge is -2.27. The van der Waals surface area contributed by atoms with E-state index in [4.69, 9.17) is 11.6 Å². The average molecular weight is 239 g/mol. The first kappa shape index (κ1) is 10.2. The van der Waals surface area contributed by atoms with E-state index < -0.39 is 5.92 Å². The summed E-state index contributed by atoms with van der Waals surface area (Å²) < 4.78 is 26.5. The van der Waals surface area contributed by atoms with Gasteiger partial charge in [-0.05, 0) is 24.4 Å². The minimum Gasteiger partial charge on any atom is -0.207 e. The zero-order valence-corrected chi connectivity index (χ0v) is 8.91. The molecule has 1 fully saturated rings. The second-order valence-corrected chi connectivity index (χ2v) is 5.13. The summed E-state index contributed by atoms with van der Waals surface area (Å²) in [6.07, 6.45) is 1.20. The molecule has 1 saturated carbocycles. The van der Waals surface area contributed by atoms with Gasteiger partial charge in [0.25, 0.3) is 0 Å². The van der Waals surface area contributed by atoms with Crippen molar-refractivity contribution in [3.05, 3.63) is 9.47 Å². The zero-order valence-electron chi connectivity index (χ0n) is 7.34. The third-order valence-corrected chi connectivity index (χ3v) is 3.59. The molecule has 1 aromatic rings. The molecule has 78 valence electrons. The van der Waals surface area contributed by atoms with Crippen molar-refractivity contribution in [3.63, 3.8) is 0 Å². The van der Waals surface area contributed by atoms with Crippen LogP contribution in [0, 0.1) is 0 Å². The van der Waals surface area contributed by atoms with Crippen molar-refractivity contribution in [2.45, 2.75) is 37.5 Å². The normalized spacial score (nSPS) is 26.4. The van der Waals surface area contributed by atoms with Crippen LogP contribution in [0.2, 0.25) is 4.47 Å². The summed E-state index contributed by atoms with van der Waals surface area (Å²) in [7, 11) is 0. The van der Waals surface area contributed by atoms with Crippen LogP contribution < -0.4 is 0 Å². The van der Waals surface area contributed by atoms with Gasteiger partial charge in [0.05, 0.1) is 0 Å². The summed E-state index contributed by atoms with van der Waals surface area (Å²) in [4.78, 5) is 0. The van der Waals surface area contributed by atoms with Crippen molar-refractivity contribution in [1.29, 1.82) is 0 Å². The molecule has 2 rings (SSSR count). The van der Waals surface area contributed by atoms with Gasteiger partial charge in [0.15, 0.2) is 0 Å². The molecule has 1 unspecified atom stereocenters. The first-order valence-corrected chi connectivity index (χ1v) is 5.63. The van der Waals surface area contributed by atoms with E-state index in [0.29, 0.717) is 15.9 Å². The van der Waals surface area contributed by atoms with Crippen molar-refractivity contribution < 1.29 is 8.78 Å². The molecule has 0 aromatic carbocycles. The maximum atomic E-state index is 13.1. The highest BCUT2D eigenvalue weighted by Crippen LogP contribution is 2.42. The lowest BCUT2D eigenvalue weighted by atomic mass is 9.87. The molecule has 0 bridgehead atoms. The summed E-state index contributed by atoms with van der Waals surface area (Å²) >= 11 is 6.81. The van der Waals surface area contributed by atoms with E-state index in [1.54, 1.807) is 0 Å². The SMILES string of the molecule is FC1(F)CCCC(c2nnc(Cl)s2)C1. The van der Waals surface area contributed by atoms with Gasteiger partial charge < -0.3 is 0 Å². The predicted molar refractivity (Wildman–Crippen MR) is 51.1 cm³/mol. The second kappa shape index (κ2) is 3.70. The minimum absolute atomic E-state index is 0.00393. The fraction of sp³-hybridized carbons (Fsp3) is 0.750. The van der Waals surface area contributed by atoms with Crippen LogP contribution in [0.1, 0.15) is 36.6 Å². The molecule has 0 radical (unpaired) electrons. The van der Waals surface area contributed by atoms with Gasteiger partial charge in [0, 0.05) is 18.8 Å². The topological polar surface area (TPSA) is 25.8 Å². The highest BCUT2D eigenvalue weighted by molar-refractivity contribution is 7.15. The Kier molecular flexibility index (Phi) is 2.70. The molecular weight excluding hydrogens is 230 g/mol. The first-order chi connectivity index (χ1) is 6.57. The molecule has 1 aliphatic carbocycles. The first-order valence-electron chi connectivity index (χ1n) is 4.43. The second-order valence-electron chi connectivity index (χ2n) is 3.54. The summed E-state index contributed by atoms with van der Waals surface area (Å²) in [5.41, 5.74) is 0. The molecule has 2 nitrogen and oxygen atoms in total. The zero-order chi connectivity index (χ0) is 10.2. The van der Waals surface area contributed by atoms with Gasteiger partial charge in [0.1, 0.15) is 5.01 Å². The molecule has 0 saturated heterocycles. The molecule has 1 atom stereocenters. The van der Waals surface area contributed by atoms with E-state index in [1.807, 2.05) is 0 Å². The molecule has 14 heavy (non-hydrogen) atoms. The van der Waals surface area contributed by atoms with Gasteiger partial charge in [0.2, 0.25) is 10.4 Å². The highest BCUT2D eigenvalue weighted by Gasteiger charge is 2.38. The van der Waals surface area contributed by atoms with E-state index in [0.717, 1.165) is 6.42 Å². The lowest BCUT2D eigenvalue weighted by molar-refractivity contribution is -0.0408. The van der Waals surface area contributed by atoms with Crippen molar-refractivity contribution in [3.8, 4) is 0 Å². The number of halogens is 3. The Bertz CT molecular complexity index is 329. The quantitative estimate of drug-likeness (QED) is 0.749. The summed E-state index contributed by atoms with van der Waals surface area (Å²) in [6.45, 7) is 0. The third-order valence-electron chi connectivity index (χ3n) is 2.41. The summed E-state index contributed by atoms with van der Waals surface area (Å²) in [5.74, 6) is -2.70. The molecule has 0 spiro atoms. The fourth-order valence-electron chi connectivity index (χ4n) is 1.76. The van der Waals surface area contributed by atoms with Crippen LogP contribution in [0.15, 0.2) is 0 Å². The van der Waals surface area contributed by atoms with Gasteiger partial charge >= 0.3 is 0 Å². The Morgan fingerprint density at radius 1 is 1.43 bits per heavy atom. The van der Waals surface area contributed by atoms with Gasteiger partial charge in [-0.2, -0.15) is 0 Å². The smallest absolute Gasteiger partial charge is 0.207 e. The molecular formula is C8H9ClF2N2S. The van der Waals surface area contributed by atoms with Crippen molar-refractivity contribution in [2.24, 2.45) is 0 Å². The van der Waals surface area contributed by atoms with Gasteiger partial charge in [-0.15, -0.1) is 10.2 Å². The monoisotopic (exact) mass is 238 g/mol. The molecule has 1 heterocycles.